The van der Waals surface area contributed by atoms with Crippen LogP contribution in [0.4, 0.5) is 5.82 Å². The van der Waals surface area contributed by atoms with Gasteiger partial charge in [-0.1, -0.05) is 11.6 Å². The van der Waals surface area contributed by atoms with Gasteiger partial charge in [-0.25, -0.2) is 4.98 Å². The van der Waals surface area contributed by atoms with Crippen LogP contribution in [0.5, 0.6) is 11.5 Å². The highest BCUT2D eigenvalue weighted by atomic mass is 35.5. The van der Waals surface area contributed by atoms with Crippen LogP contribution in [0, 0.1) is 5.92 Å². The van der Waals surface area contributed by atoms with Crippen molar-refractivity contribution in [3.05, 3.63) is 57.5 Å². The summed E-state index contributed by atoms with van der Waals surface area (Å²) in [5, 5.41) is 18.0. The number of aliphatic hydroxyl groups excluding tert-OH is 1. The Bertz CT molecular complexity index is 1350. The second-order valence-electron chi connectivity index (χ2n) is 9.07. The smallest absolute Gasteiger partial charge is 0.263 e. The Balaban J connectivity index is 0.00000200. The molecule has 0 aliphatic carbocycles. The quantitative estimate of drug-likeness (QED) is 0.368. The predicted molar refractivity (Wildman–Crippen MR) is 150 cm³/mol. The zero-order valence-corrected chi connectivity index (χ0v) is 23.1. The van der Waals surface area contributed by atoms with E-state index in [9.17, 15) is 14.7 Å². The second-order valence-corrected chi connectivity index (χ2v) is 9.47. The van der Waals surface area contributed by atoms with Crippen molar-refractivity contribution in [2.75, 3.05) is 45.2 Å². The summed E-state index contributed by atoms with van der Waals surface area (Å²) in [7, 11) is 1.61. The number of rotatable bonds is 8. The fraction of sp³-hybridized carbons (Fsp3) is 0.400. The van der Waals surface area contributed by atoms with Gasteiger partial charge in [0.1, 0.15) is 5.75 Å². The number of hydrogen-bond donors (Lipinski definition) is 3. The van der Waals surface area contributed by atoms with Crippen LogP contribution in [0.25, 0.3) is 10.9 Å². The minimum Gasteiger partial charge on any atom is -0.497 e. The van der Waals surface area contributed by atoms with Crippen molar-refractivity contribution >= 4 is 59.0 Å². The fourth-order valence-corrected chi connectivity index (χ4v) is 4.92. The average molecular weight is 587 g/mol. The summed E-state index contributed by atoms with van der Waals surface area (Å²) in [6, 6.07) is 10.7. The van der Waals surface area contributed by atoms with E-state index in [-0.39, 0.29) is 48.8 Å². The van der Waals surface area contributed by atoms with E-state index >= 15 is 0 Å². The normalized spacial score (nSPS) is 18.7. The van der Waals surface area contributed by atoms with Crippen molar-refractivity contribution in [2.45, 2.75) is 19.2 Å². The van der Waals surface area contributed by atoms with Crippen molar-refractivity contribution in [3.63, 3.8) is 0 Å². The van der Waals surface area contributed by atoms with Crippen LogP contribution in [0.2, 0.25) is 5.02 Å². The number of ether oxygens (including phenoxy) is 2. The summed E-state index contributed by atoms with van der Waals surface area (Å²) in [4.78, 5) is 30.7. The lowest BCUT2D eigenvalue weighted by molar-refractivity contribution is -0.118. The summed E-state index contributed by atoms with van der Waals surface area (Å²) in [6.07, 6.45) is -0.485. The average Bonchev–Trinajstić information content (AvgIpc) is 3.22. The molecule has 1 aromatic carbocycles. The van der Waals surface area contributed by atoms with Crippen molar-refractivity contribution in [3.8, 4) is 11.5 Å². The Morgan fingerprint density at radius 1 is 1.18 bits per heavy atom. The van der Waals surface area contributed by atoms with Gasteiger partial charge < -0.3 is 29.8 Å². The first kappa shape index (κ1) is 29.9. The summed E-state index contributed by atoms with van der Waals surface area (Å²) >= 11 is 6.33. The Morgan fingerprint density at radius 3 is 2.76 bits per heavy atom. The number of fused-ring (bicyclic) bond motifs is 2. The van der Waals surface area contributed by atoms with E-state index in [1.807, 2.05) is 24.3 Å². The minimum absolute atomic E-state index is 0. The van der Waals surface area contributed by atoms with Gasteiger partial charge in [-0.15, -0.1) is 24.8 Å². The Labute approximate surface area is 237 Å². The monoisotopic (exact) mass is 585 g/mol. The number of benzene rings is 1. The molecule has 2 aliphatic heterocycles. The number of β-amino-alcohol motifs (C(OH)–C–C–N with tert-alkyl or cyclic N) is 1. The Morgan fingerprint density at radius 2 is 1.97 bits per heavy atom. The number of aromatic nitrogens is 2. The number of anilines is 1. The summed E-state index contributed by atoms with van der Waals surface area (Å²) in [6.45, 7) is 3.30. The molecule has 38 heavy (non-hydrogen) atoms. The lowest BCUT2D eigenvalue weighted by atomic mass is 10.1. The highest BCUT2D eigenvalue weighted by Crippen LogP contribution is 2.30. The van der Waals surface area contributed by atoms with E-state index in [0.29, 0.717) is 67.3 Å². The highest BCUT2D eigenvalue weighted by Gasteiger charge is 2.31. The van der Waals surface area contributed by atoms with Gasteiger partial charge >= 0.3 is 0 Å². The highest BCUT2D eigenvalue weighted by molar-refractivity contribution is 6.31. The predicted octanol–water partition coefficient (Wildman–Crippen LogP) is 2.32. The molecule has 1 amide bonds. The molecule has 2 aromatic heterocycles. The van der Waals surface area contributed by atoms with E-state index < -0.39 is 6.10 Å². The van der Waals surface area contributed by atoms with Crippen molar-refractivity contribution in [2.24, 2.45) is 5.92 Å². The van der Waals surface area contributed by atoms with Gasteiger partial charge in [0.15, 0.2) is 18.2 Å². The van der Waals surface area contributed by atoms with Gasteiger partial charge in [-0.2, -0.15) is 0 Å². The molecule has 3 N–H and O–H groups in total. The molecule has 0 radical (unpaired) electrons. The van der Waals surface area contributed by atoms with Crippen LogP contribution < -0.4 is 25.7 Å². The van der Waals surface area contributed by atoms with Gasteiger partial charge in [0.05, 0.1) is 29.4 Å². The molecular formula is C25H30Cl3N5O5. The Kier molecular flexibility index (Phi) is 10.2. The number of nitrogens with one attached hydrogen (secondary N) is 2. The van der Waals surface area contributed by atoms with Crippen LogP contribution >= 0.6 is 36.4 Å². The minimum atomic E-state index is -0.485. The zero-order valence-electron chi connectivity index (χ0n) is 20.7. The molecule has 1 saturated heterocycles. The SMILES string of the molecule is COc1ccc2ccc(=O)n(CCN3C[C@H](CNCc4nc5c(cc4Cl)OCC(=O)N5)[C@H](O)C3)c2c1.Cl.Cl. The van der Waals surface area contributed by atoms with Crippen LogP contribution in [0.1, 0.15) is 5.69 Å². The number of likely N-dealkylation sites (tertiary alicyclic amines) is 1. The summed E-state index contributed by atoms with van der Waals surface area (Å²) in [5.41, 5.74) is 1.36. The van der Waals surface area contributed by atoms with E-state index in [0.717, 1.165) is 10.9 Å². The van der Waals surface area contributed by atoms with Gasteiger partial charge in [0.25, 0.3) is 11.5 Å². The molecule has 10 nitrogen and oxygen atoms in total. The van der Waals surface area contributed by atoms with Crippen molar-refractivity contribution in [1.82, 2.24) is 19.8 Å². The van der Waals surface area contributed by atoms with Crippen LogP contribution in [-0.2, 0) is 17.9 Å². The first-order chi connectivity index (χ1) is 17.4. The number of aliphatic hydroxyl groups is 1. The number of pyridine rings is 2. The lowest BCUT2D eigenvalue weighted by Crippen LogP contribution is -2.31. The molecule has 0 saturated carbocycles. The summed E-state index contributed by atoms with van der Waals surface area (Å²) in [5.74, 6) is 1.28. The number of carbonyl (C=O) groups is 1. The Hall–Kier alpha value is -2.60. The number of halogens is 3. The lowest BCUT2D eigenvalue weighted by Gasteiger charge is -2.19. The largest absolute Gasteiger partial charge is 0.497 e. The first-order valence-electron chi connectivity index (χ1n) is 11.8. The third-order valence-corrected chi connectivity index (χ3v) is 6.98. The first-order valence-corrected chi connectivity index (χ1v) is 12.2. The fourth-order valence-electron chi connectivity index (χ4n) is 4.71. The number of hydrogen-bond acceptors (Lipinski definition) is 8. The van der Waals surface area contributed by atoms with E-state index in [1.165, 1.54) is 0 Å². The van der Waals surface area contributed by atoms with Crippen LogP contribution in [0.3, 0.4) is 0 Å². The number of nitrogens with zero attached hydrogens (tertiary/aromatic N) is 3. The van der Waals surface area contributed by atoms with Gasteiger partial charge in [0.2, 0.25) is 0 Å². The molecular weight excluding hydrogens is 557 g/mol. The standard InChI is InChI=1S/C25H28ClN5O5.2ClH/c1-35-17-4-2-15-3-5-24(34)31(20(15)8-17)7-6-30-12-16(21(32)13-30)10-27-11-19-18(26)9-22-25(28-19)29-23(33)14-36-22;;/h2-5,8-9,16,21,27,32H,6-7,10-14H2,1H3,(H,28,29,33);2*1H/t16-,21+;;/m0../s1. The molecule has 2 aliphatic rings. The molecule has 2 atom stereocenters. The molecule has 0 bridgehead atoms. The van der Waals surface area contributed by atoms with Gasteiger partial charge in [0, 0.05) is 63.4 Å². The van der Waals surface area contributed by atoms with Gasteiger partial charge in [-0.3, -0.25) is 14.5 Å². The third-order valence-electron chi connectivity index (χ3n) is 6.65. The maximum absolute atomic E-state index is 12.6. The maximum Gasteiger partial charge on any atom is 0.263 e. The van der Waals surface area contributed by atoms with Gasteiger partial charge in [-0.05, 0) is 23.6 Å². The molecule has 3 aromatic rings. The molecule has 0 unspecified atom stereocenters. The molecule has 0 spiro atoms. The number of carbonyl (C=O) groups excluding carboxylic acids is 1. The second kappa shape index (κ2) is 13.0. The number of methoxy groups -OCH3 is 1. The zero-order chi connectivity index (χ0) is 25.2. The summed E-state index contributed by atoms with van der Waals surface area (Å²) < 4.78 is 12.4. The van der Waals surface area contributed by atoms with Crippen molar-refractivity contribution in [1.29, 1.82) is 0 Å². The number of amides is 1. The van der Waals surface area contributed by atoms with Crippen LogP contribution in [0.15, 0.2) is 41.2 Å². The third kappa shape index (κ3) is 6.51. The molecule has 4 heterocycles. The molecule has 13 heteroatoms. The molecule has 5 rings (SSSR count). The topological polar surface area (TPSA) is 118 Å². The molecule has 1 fully saturated rings. The van der Waals surface area contributed by atoms with E-state index in [1.54, 1.807) is 23.8 Å². The maximum atomic E-state index is 12.6. The van der Waals surface area contributed by atoms with Crippen LogP contribution in [-0.4, -0.2) is 71.5 Å². The van der Waals surface area contributed by atoms with E-state index in [4.69, 9.17) is 21.1 Å². The molecule has 206 valence electrons. The van der Waals surface area contributed by atoms with Crippen molar-refractivity contribution < 1.29 is 19.4 Å². The van der Waals surface area contributed by atoms with E-state index in [2.05, 4.69) is 20.5 Å².